The molecule has 1 atom stereocenters. The van der Waals surface area contributed by atoms with Crippen molar-refractivity contribution in [2.45, 2.75) is 39.2 Å². The number of unbranched alkanes of at least 4 members (excludes halogenated alkanes) is 2. The molecule has 2 amide bonds. The van der Waals surface area contributed by atoms with Crippen LogP contribution in [0.15, 0.2) is 24.3 Å². The number of benzene rings is 1. The SMILES string of the molecule is CCCCCOc1cccc(C#CC(C)N(O)C(N)=O)c1. The molecular formula is C16H22N2O3. The van der Waals surface area contributed by atoms with Gasteiger partial charge in [-0.15, -0.1) is 0 Å². The predicted octanol–water partition coefficient (Wildman–Crippen LogP) is 2.77. The van der Waals surface area contributed by atoms with Gasteiger partial charge in [-0.3, -0.25) is 5.21 Å². The number of carbonyl (C=O) groups is 1. The molecular weight excluding hydrogens is 268 g/mol. The van der Waals surface area contributed by atoms with Gasteiger partial charge in [0.25, 0.3) is 0 Å². The number of hydroxylamine groups is 2. The summed E-state index contributed by atoms with van der Waals surface area (Å²) < 4.78 is 5.64. The van der Waals surface area contributed by atoms with Crippen molar-refractivity contribution in [1.82, 2.24) is 5.06 Å². The van der Waals surface area contributed by atoms with E-state index in [1.807, 2.05) is 24.3 Å². The number of urea groups is 1. The summed E-state index contributed by atoms with van der Waals surface area (Å²) in [5.74, 6) is 6.40. The molecule has 0 aliphatic rings. The van der Waals surface area contributed by atoms with E-state index in [0.717, 1.165) is 30.6 Å². The standard InChI is InChI=1S/C16H22N2O3/c1-3-4-5-11-21-15-8-6-7-14(12-15)10-9-13(2)18(20)16(17)19/h6-8,12-13,20H,3-5,11H2,1-2H3,(H2,17,19). The Bertz CT molecular complexity index is 520. The number of amides is 2. The molecule has 1 unspecified atom stereocenters. The number of nitrogens with zero attached hydrogens (tertiary/aromatic N) is 1. The predicted molar refractivity (Wildman–Crippen MR) is 81.0 cm³/mol. The van der Waals surface area contributed by atoms with E-state index in [1.54, 1.807) is 6.92 Å². The lowest BCUT2D eigenvalue weighted by molar-refractivity contribution is -0.0536. The molecule has 0 saturated carbocycles. The molecule has 3 N–H and O–H groups in total. The first-order chi connectivity index (χ1) is 10.0. The summed E-state index contributed by atoms with van der Waals surface area (Å²) in [5, 5.41) is 9.73. The van der Waals surface area contributed by atoms with Gasteiger partial charge in [-0.1, -0.05) is 37.7 Å². The van der Waals surface area contributed by atoms with E-state index in [-0.39, 0.29) is 0 Å². The van der Waals surface area contributed by atoms with E-state index in [2.05, 4.69) is 18.8 Å². The van der Waals surface area contributed by atoms with Gasteiger partial charge in [0.15, 0.2) is 0 Å². The van der Waals surface area contributed by atoms with Crippen molar-refractivity contribution in [2.75, 3.05) is 6.61 Å². The quantitative estimate of drug-likeness (QED) is 0.366. The van der Waals surface area contributed by atoms with Crippen LogP contribution in [0.3, 0.4) is 0 Å². The first kappa shape index (κ1) is 16.9. The molecule has 0 bridgehead atoms. The molecule has 5 heteroatoms. The maximum absolute atomic E-state index is 10.8. The van der Waals surface area contributed by atoms with Crippen molar-refractivity contribution in [3.05, 3.63) is 29.8 Å². The van der Waals surface area contributed by atoms with Gasteiger partial charge in [-0.05, 0) is 31.5 Å². The zero-order chi connectivity index (χ0) is 15.7. The Morgan fingerprint density at radius 2 is 2.24 bits per heavy atom. The second-order valence-electron chi connectivity index (χ2n) is 4.71. The Hall–Kier alpha value is -2.19. The van der Waals surface area contributed by atoms with E-state index in [1.165, 1.54) is 0 Å². The fourth-order valence-corrected chi connectivity index (χ4v) is 1.65. The first-order valence-electron chi connectivity index (χ1n) is 7.06. The lowest BCUT2D eigenvalue weighted by Gasteiger charge is -2.14. The van der Waals surface area contributed by atoms with E-state index in [9.17, 15) is 10.0 Å². The van der Waals surface area contributed by atoms with Crippen molar-refractivity contribution in [1.29, 1.82) is 0 Å². The van der Waals surface area contributed by atoms with Crippen LogP contribution in [0.25, 0.3) is 0 Å². The Balaban J connectivity index is 2.62. The van der Waals surface area contributed by atoms with Gasteiger partial charge in [-0.2, -0.15) is 5.06 Å². The molecule has 114 valence electrons. The smallest absolute Gasteiger partial charge is 0.339 e. The number of rotatable bonds is 6. The minimum atomic E-state index is -0.926. The number of hydrogen-bond donors (Lipinski definition) is 2. The summed E-state index contributed by atoms with van der Waals surface area (Å²) in [6.07, 6.45) is 3.34. The third kappa shape index (κ3) is 6.19. The van der Waals surface area contributed by atoms with E-state index in [4.69, 9.17) is 10.5 Å². The van der Waals surface area contributed by atoms with Gasteiger partial charge in [-0.25, -0.2) is 4.79 Å². The zero-order valence-corrected chi connectivity index (χ0v) is 12.5. The number of hydrogen-bond acceptors (Lipinski definition) is 3. The van der Waals surface area contributed by atoms with E-state index >= 15 is 0 Å². The van der Waals surface area contributed by atoms with Gasteiger partial charge in [0.2, 0.25) is 0 Å². The molecule has 0 aliphatic carbocycles. The molecule has 1 aromatic carbocycles. The topological polar surface area (TPSA) is 75.8 Å². The van der Waals surface area contributed by atoms with Gasteiger partial charge < -0.3 is 10.5 Å². The van der Waals surface area contributed by atoms with E-state index < -0.39 is 12.1 Å². The van der Waals surface area contributed by atoms with Crippen molar-refractivity contribution in [2.24, 2.45) is 5.73 Å². The van der Waals surface area contributed by atoms with Gasteiger partial charge in [0.1, 0.15) is 11.8 Å². The molecule has 21 heavy (non-hydrogen) atoms. The third-order valence-electron chi connectivity index (χ3n) is 2.87. The summed E-state index contributed by atoms with van der Waals surface area (Å²) in [5.41, 5.74) is 5.72. The van der Waals surface area contributed by atoms with Crippen molar-refractivity contribution >= 4 is 6.03 Å². The lowest BCUT2D eigenvalue weighted by Crippen LogP contribution is -2.38. The van der Waals surface area contributed by atoms with Crippen LogP contribution >= 0.6 is 0 Å². The van der Waals surface area contributed by atoms with Gasteiger partial charge in [0.05, 0.1) is 6.61 Å². The Kier molecular flexibility index (Phi) is 7.13. The second kappa shape index (κ2) is 8.88. The van der Waals surface area contributed by atoms with Crippen molar-refractivity contribution < 1.29 is 14.7 Å². The fourth-order valence-electron chi connectivity index (χ4n) is 1.65. The first-order valence-corrected chi connectivity index (χ1v) is 7.06. The normalized spacial score (nSPS) is 11.2. The van der Waals surface area contributed by atoms with Crippen LogP contribution in [0.4, 0.5) is 4.79 Å². The average molecular weight is 290 g/mol. The number of carbonyl (C=O) groups excluding carboxylic acids is 1. The van der Waals surface area contributed by atoms with Gasteiger partial charge >= 0.3 is 6.03 Å². The molecule has 1 aromatic rings. The highest BCUT2D eigenvalue weighted by molar-refractivity contribution is 5.71. The lowest BCUT2D eigenvalue weighted by atomic mass is 10.2. The maximum Gasteiger partial charge on any atom is 0.339 e. The molecule has 0 radical (unpaired) electrons. The fraction of sp³-hybridized carbons (Fsp3) is 0.438. The van der Waals surface area contributed by atoms with Crippen LogP contribution < -0.4 is 10.5 Å². The van der Waals surface area contributed by atoms with Crippen LogP contribution in [0.1, 0.15) is 38.7 Å². The summed E-state index contributed by atoms with van der Waals surface area (Å²) in [4.78, 5) is 10.8. The molecule has 0 spiro atoms. The van der Waals surface area contributed by atoms with E-state index in [0.29, 0.717) is 11.7 Å². The summed E-state index contributed by atoms with van der Waals surface area (Å²) in [6, 6.07) is 5.81. The Morgan fingerprint density at radius 3 is 2.90 bits per heavy atom. The molecule has 5 nitrogen and oxygen atoms in total. The molecule has 0 fully saturated rings. The summed E-state index contributed by atoms with van der Waals surface area (Å²) >= 11 is 0. The van der Waals surface area contributed by atoms with Crippen LogP contribution in [-0.2, 0) is 0 Å². The van der Waals surface area contributed by atoms with Crippen molar-refractivity contribution in [3.8, 4) is 17.6 Å². The Labute approximate surface area is 125 Å². The van der Waals surface area contributed by atoms with Gasteiger partial charge in [0, 0.05) is 5.56 Å². The number of nitrogens with two attached hydrogens (primary N) is 1. The molecule has 0 heterocycles. The molecule has 0 saturated heterocycles. The monoisotopic (exact) mass is 290 g/mol. The highest BCUT2D eigenvalue weighted by atomic mass is 16.5. The summed E-state index contributed by atoms with van der Waals surface area (Å²) in [7, 11) is 0. The number of ether oxygens (including phenoxy) is 1. The third-order valence-corrected chi connectivity index (χ3v) is 2.87. The second-order valence-corrected chi connectivity index (χ2v) is 4.71. The highest BCUT2D eigenvalue weighted by Gasteiger charge is 2.11. The Morgan fingerprint density at radius 1 is 1.48 bits per heavy atom. The molecule has 0 aliphatic heterocycles. The largest absolute Gasteiger partial charge is 0.494 e. The maximum atomic E-state index is 10.8. The van der Waals surface area contributed by atoms with Crippen LogP contribution in [0, 0.1) is 11.8 Å². The summed E-state index contributed by atoms with van der Waals surface area (Å²) in [6.45, 7) is 4.42. The highest BCUT2D eigenvalue weighted by Crippen LogP contribution is 2.13. The number of primary amides is 1. The molecule has 0 aromatic heterocycles. The average Bonchev–Trinajstić information content (AvgIpc) is 2.48. The van der Waals surface area contributed by atoms with Crippen LogP contribution in [0.2, 0.25) is 0 Å². The zero-order valence-electron chi connectivity index (χ0n) is 12.5. The minimum absolute atomic E-state index is 0.401. The minimum Gasteiger partial charge on any atom is -0.494 e. The van der Waals surface area contributed by atoms with Crippen LogP contribution in [-0.4, -0.2) is 29.0 Å². The molecule has 1 rings (SSSR count). The van der Waals surface area contributed by atoms with Crippen LogP contribution in [0.5, 0.6) is 5.75 Å². The van der Waals surface area contributed by atoms with Crippen molar-refractivity contribution in [3.63, 3.8) is 0 Å².